The molecule has 0 saturated heterocycles. The number of para-hydroxylation sites is 2. The van der Waals surface area contributed by atoms with Crippen LogP contribution in [0.4, 0.5) is 17.1 Å². The van der Waals surface area contributed by atoms with Crippen LogP contribution in [0.25, 0.3) is 55.3 Å². The molecule has 374 valence electrons. The zero-order chi connectivity index (χ0) is 51.8. The standard InChI is InChI=1S/C75H52N2S2/c1-3-19-50(20-4-1)77-68-30-14-8-23-58(68)59-42-37-49(45-69(59)77)48-35-38-51(39-36-48)76(53-41-44-57-55-22-7-9-25-61(55)75(67(57)47-53)64-28-12-17-33-72(64)79-73-34-18-13-29-65(73)75)52-40-43-56-54-21-5-2-6-24-60(54)74(66(56)46-52)62-26-10-15-31-70(62)78-71-32-16-11-27-63(71)74/h1-10,12-23,25-26,28-47,64,72H,11,24,27H2. The van der Waals surface area contributed by atoms with Crippen molar-refractivity contribution in [1.82, 2.24) is 4.57 Å². The Hall–Kier alpha value is -8.54. The van der Waals surface area contributed by atoms with Gasteiger partial charge in [-0.1, -0.05) is 206 Å². The summed E-state index contributed by atoms with van der Waals surface area (Å²) in [6, 6.07) is 78.7. The second-order valence-corrected chi connectivity index (χ2v) is 24.3. The van der Waals surface area contributed by atoms with Crippen molar-refractivity contribution < 1.29 is 0 Å². The lowest BCUT2D eigenvalue weighted by atomic mass is 9.62. The summed E-state index contributed by atoms with van der Waals surface area (Å²) >= 11 is 3.98. The van der Waals surface area contributed by atoms with Gasteiger partial charge in [0.25, 0.3) is 0 Å². The molecule has 4 unspecified atom stereocenters. The van der Waals surface area contributed by atoms with E-state index in [0.29, 0.717) is 5.25 Å². The van der Waals surface area contributed by atoms with E-state index in [-0.39, 0.29) is 5.92 Å². The largest absolute Gasteiger partial charge is 0.310 e. The summed E-state index contributed by atoms with van der Waals surface area (Å²) in [6.07, 6.45) is 26.5. The Bertz CT molecular complexity index is 4480. The smallest absolute Gasteiger partial charge is 0.0665 e. The van der Waals surface area contributed by atoms with Gasteiger partial charge < -0.3 is 9.47 Å². The van der Waals surface area contributed by atoms with Crippen LogP contribution in [0.3, 0.4) is 0 Å². The summed E-state index contributed by atoms with van der Waals surface area (Å²) in [7, 11) is 0. The number of thioether (sulfide) groups is 2. The Balaban J connectivity index is 0.892. The van der Waals surface area contributed by atoms with E-state index in [0.717, 1.165) is 42.0 Å². The van der Waals surface area contributed by atoms with Crippen LogP contribution in [-0.2, 0) is 10.8 Å². The first-order valence-corrected chi connectivity index (χ1v) is 29.6. The van der Waals surface area contributed by atoms with E-state index in [1.165, 1.54) is 103 Å². The maximum Gasteiger partial charge on any atom is 0.0665 e. The number of anilines is 3. The van der Waals surface area contributed by atoms with E-state index in [1.807, 2.05) is 23.5 Å². The van der Waals surface area contributed by atoms with Gasteiger partial charge in [0.05, 0.1) is 21.9 Å². The molecule has 1 aromatic heterocycles. The van der Waals surface area contributed by atoms with E-state index in [1.54, 1.807) is 5.57 Å². The minimum absolute atomic E-state index is 0.223. The third-order valence-electron chi connectivity index (χ3n) is 18.3. The number of hydrogen-bond donors (Lipinski definition) is 0. The van der Waals surface area contributed by atoms with Crippen molar-refractivity contribution in [3.8, 4) is 27.9 Å². The highest BCUT2D eigenvalue weighted by Crippen LogP contribution is 2.66. The second-order valence-electron chi connectivity index (χ2n) is 22.0. The number of hydrogen-bond acceptors (Lipinski definition) is 3. The lowest BCUT2D eigenvalue weighted by Gasteiger charge is -2.47. The van der Waals surface area contributed by atoms with Crippen molar-refractivity contribution in [2.24, 2.45) is 5.92 Å². The molecule has 0 amide bonds. The Kier molecular flexibility index (Phi) is 10.1. The molecule has 3 heterocycles. The third-order valence-corrected chi connectivity index (χ3v) is 20.8. The summed E-state index contributed by atoms with van der Waals surface area (Å²) in [5, 5.41) is 2.81. The molecule has 9 aromatic carbocycles. The number of rotatable bonds is 5. The summed E-state index contributed by atoms with van der Waals surface area (Å²) < 4.78 is 2.42. The molecule has 0 radical (unpaired) electrons. The molecule has 4 heteroatoms. The number of fused-ring (bicyclic) bond motifs is 19. The average Bonchev–Trinajstić information content (AvgIpc) is 3.62. The predicted molar refractivity (Wildman–Crippen MR) is 332 cm³/mol. The van der Waals surface area contributed by atoms with Crippen LogP contribution in [0.15, 0.2) is 293 Å². The molecule has 2 aliphatic heterocycles. The van der Waals surface area contributed by atoms with Crippen LogP contribution in [0, 0.1) is 5.92 Å². The first kappa shape index (κ1) is 45.5. The van der Waals surface area contributed by atoms with Crippen LogP contribution >= 0.6 is 23.5 Å². The number of allylic oxidation sites excluding steroid dienone is 12. The van der Waals surface area contributed by atoms with Crippen molar-refractivity contribution in [2.75, 3.05) is 4.90 Å². The predicted octanol–water partition coefficient (Wildman–Crippen LogP) is 19.7. The van der Waals surface area contributed by atoms with Crippen LogP contribution in [-0.4, -0.2) is 9.82 Å². The van der Waals surface area contributed by atoms with Gasteiger partial charge in [0.1, 0.15) is 0 Å². The first-order chi connectivity index (χ1) is 39.2. The maximum absolute atomic E-state index is 2.59. The summed E-state index contributed by atoms with van der Waals surface area (Å²) in [5.41, 5.74) is 24.0. The van der Waals surface area contributed by atoms with E-state index >= 15 is 0 Å². The molecular weight excluding hydrogens is 993 g/mol. The molecule has 17 rings (SSSR count). The SMILES string of the molecule is C1=CCC2=C(C=C1)c1ccc(N(c3ccc(-c4ccc5c6ccccc6n(-c6ccccc6)c5c4)cc3)c3ccc4c(c3)C3(c5ccccc5SC5C=CC=CC53)c3ccccc3-4)cc1C21C2=C(C=CCC2)Sc2ccccc21. The van der Waals surface area contributed by atoms with E-state index in [2.05, 4.69) is 276 Å². The lowest BCUT2D eigenvalue weighted by molar-refractivity contribution is 0.449. The third kappa shape index (κ3) is 6.39. The molecule has 7 aliphatic rings. The Morgan fingerprint density at radius 2 is 1.16 bits per heavy atom. The van der Waals surface area contributed by atoms with E-state index in [9.17, 15) is 0 Å². The molecule has 0 saturated carbocycles. The highest BCUT2D eigenvalue weighted by atomic mass is 32.2. The molecule has 2 spiro atoms. The normalized spacial score (nSPS) is 21.4. The number of nitrogens with zero attached hydrogens (tertiary/aromatic N) is 2. The quantitative estimate of drug-likeness (QED) is 0.170. The maximum atomic E-state index is 2.59. The highest BCUT2D eigenvalue weighted by Gasteiger charge is 2.56. The Morgan fingerprint density at radius 1 is 0.468 bits per heavy atom. The molecule has 79 heavy (non-hydrogen) atoms. The van der Waals surface area contributed by atoms with E-state index in [4.69, 9.17) is 0 Å². The van der Waals surface area contributed by atoms with Gasteiger partial charge in [-0.2, -0.15) is 0 Å². The molecule has 4 atom stereocenters. The number of benzene rings is 9. The molecule has 0 bridgehead atoms. The fourth-order valence-corrected chi connectivity index (χ4v) is 17.9. The fourth-order valence-electron chi connectivity index (χ4n) is 15.2. The summed E-state index contributed by atoms with van der Waals surface area (Å²) in [4.78, 5) is 6.69. The summed E-state index contributed by atoms with van der Waals surface area (Å²) in [6.45, 7) is 0. The fraction of sp³-hybridized carbons (Fsp3) is 0.0933. The van der Waals surface area contributed by atoms with Crippen molar-refractivity contribution in [3.05, 3.63) is 316 Å². The van der Waals surface area contributed by atoms with Crippen molar-refractivity contribution in [2.45, 2.75) is 45.1 Å². The molecule has 5 aliphatic carbocycles. The van der Waals surface area contributed by atoms with Crippen LogP contribution < -0.4 is 4.90 Å². The highest BCUT2D eigenvalue weighted by molar-refractivity contribution is 8.03. The Labute approximate surface area is 469 Å². The minimum atomic E-state index is -0.402. The van der Waals surface area contributed by atoms with Gasteiger partial charge in [0.2, 0.25) is 0 Å². The van der Waals surface area contributed by atoms with Crippen LogP contribution in [0.2, 0.25) is 0 Å². The minimum Gasteiger partial charge on any atom is -0.310 e. The first-order valence-electron chi connectivity index (χ1n) is 27.9. The van der Waals surface area contributed by atoms with Gasteiger partial charge in [-0.3, -0.25) is 0 Å². The topological polar surface area (TPSA) is 8.17 Å². The Morgan fingerprint density at radius 3 is 2.05 bits per heavy atom. The van der Waals surface area contributed by atoms with Crippen LogP contribution in [0.5, 0.6) is 0 Å². The average molecular weight is 1050 g/mol. The van der Waals surface area contributed by atoms with Gasteiger partial charge in [-0.15, -0.1) is 11.8 Å². The van der Waals surface area contributed by atoms with Crippen molar-refractivity contribution in [3.63, 3.8) is 0 Å². The van der Waals surface area contributed by atoms with Gasteiger partial charge >= 0.3 is 0 Å². The monoisotopic (exact) mass is 1040 g/mol. The van der Waals surface area contributed by atoms with Gasteiger partial charge in [-0.05, 0) is 164 Å². The molecule has 10 aromatic rings. The summed E-state index contributed by atoms with van der Waals surface area (Å²) in [5.74, 6) is 0.223. The zero-order valence-electron chi connectivity index (χ0n) is 43.4. The van der Waals surface area contributed by atoms with Crippen LogP contribution in [0.1, 0.15) is 52.6 Å². The van der Waals surface area contributed by atoms with Gasteiger partial charge in [-0.25, -0.2) is 0 Å². The van der Waals surface area contributed by atoms with Crippen molar-refractivity contribution >= 4 is 68.0 Å². The van der Waals surface area contributed by atoms with E-state index < -0.39 is 10.8 Å². The van der Waals surface area contributed by atoms with Crippen molar-refractivity contribution in [1.29, 1.82) is 0 Å². The second kappa shape index (κ2) is 17.5. The molecule has 0 fully saturated rings. The lowest BCUT2D eigenvalue weighted by Crippen LogP contribution is -2.43. The molecule has 0 N–H and O–H groups in total. The number of aromatic nitrogens is 1. The zero-order valence-corrected chi connectivity index (χ0v) is 45.0. The van der Waals surface area contributed by atoms with Gasteiger partial charge in [0, 0.05) is 59.4 Å². The molecule has 2 nitrogen and oxygen atoms in total. The molecular formula is C75H52N2S2. The van der Waals surface area contributed by atoms with Gasteiger partial charge in [0.15, 0.2) is 0 Å².